The molecule has 2 aromatic carbocycles. The average molecular weight is 371 g/mol. The van der Waals surface area contributed by atoms with Gasteiger partial charge in [-0.25, -0.2) is 0 Å². The van der Waals surface area contributed by atoms with Crippen molar-refractivity contribution in [1.29, 1.82) is 0 Å². The van der Waals surface area contributed by atoms with Crippen LogP contribution in [0.5, 0.6) is 5.75 Å². The van der Waals surface area contributed by atoms with E-state index >= 15 is 0 Å². The van der Waals surface area contributed by atoms with Crippen molar-refractivity contribution < 1.29 is 29.2 Å². The van der Waals surface area contributed by atoms with Crippen molar-refractivity contribution in [3.8, 4) is 5.75 Å². The molecule has 0 aliphatic heterocycles. The summed E-state index contributed by atoms with van der Waals surface area (Å²) in [7, 11) is 0. The molecular weight excluding hydrogens is 356 g/mol. The van der Waals surface area contributed by atoms with E-state index in [0.29, 0.717) is 5.69 Å². The molecule has 1 atom stereocenters. The van der Waals surface area contributed by atoms with Crippen molar-refractivity contribution in [2.24, 2.45) is 0 Å². The van der Waals surface area contributed by atoms with Crippen LogP contribution < -0.4 is 15.2 Å². The predicted molar refractivity (Wildman–Crippen MR) is 92.2 cm³/mol. The minimum Gasteiger partial charge on any atom is -0.546 e. The standard InChI is InChI=1S/C18H16N2O7/c1-11(18(23)24)27-15-7-3-5-13(9-15)19-17(22)10-16(21)12-4-2-6-14(8-12)20(25)26/h2-9,11H,10H2,1H3,(H,19,22)(H,23,24)/p-1. The molecule has 2 rings (SSSR count). The highest BCUT2D eigenvalue weighted by Gasteiger charge is 2.15. The number of carbonyl (C=O) groups excluding carboxylic acids is 3. The summed E-state index contributed by atoms with van der Waals surface area (Å²) in [6.07, 6.45) is -1.69. The number of nitrogens with one attached hydrogen (secondary N) is 1. The van der Waals surface area contributed by atoms with E-state index in [9.17, 15) is 29.6 Å². The van der Waals surface area contributed by atoms with Crippen LogP contribution >= 0.6 is 0 Å². The Hall–Kier alpha value is -3.75. The maximum Gasteiger partial charge on any atom is 0.270 e. The van der Waals surface area contributed by atoms with Gasteiger partial charge in [-0.2, -0.15) is 0 Å². The van der Waals surface area contributed by atoms with E-state index in [1.807, 2.05) is 0 Å². The minimum atomic E-state index is -1.38. The molecule has 0 saturated heterocycles. The number of amides is 1. The molecule has 0 bridgehead atoms. The van der Waals surface area contributed by atoms with Gasteiger partial charge in [-0.15, -0.1) is 0 Å². The summed E-state index contributed by atoms with van der Waals surface area (Å²) in [5, 5.41) is 23.9. The Morgan fingerprint density at radius 1 is 1.15 bits per heavy atom. The number of ketones is 1. The van der Waals surface area contributed by atoms with Crippen LogP contribution in [0, 0.1) is 10.1 Å². The van der Waals surface area contributed by atoms with Crippen LogP contribution in [0.2, 0.25) is 0 Å². The lowest BCUT2D eigenvalue weighted by Gasteiger charge is -2.16. The van der Waals surface area contributed by atoms with Gasteiger partial charge in [0.15, 0.2) is 5.78 Å². The van der Waals surface area contributed by atoms with E-state index in [1.165, 1.54) is 49.4 Å². The van der Waals surface area contributed by atoms with E-state index in [1.54, 1.807) is 0 Å². The van der Waals surface area contributed by atoms with Crippen molar-refractivity contribution >= 4 is 29.0 Å². The molecule has 0 spiro atoms. The van der Waals surface area contributed by atoms with Crippen LogP contribution in [-0.2, 0) is 9.59 Å². The predicted octanol–water partition coefficient (Wildman–Crippen LogP) is 1.32. The number of carboxylic acids is 1. The van der Waals surface area contributed by atoms with Gasteiger partial charge in [0.2, 0.25) is 5.91 Å². The van der Waals surface area contributed by atoms with Gasteiger partial charge in [-0.05, 0) is 19.1 Å². The zero-order valence-electron chi connectivity index (χ0n) is 14.2. The molecule has 2 aromatic rings. The van der Waals surface area contributed by atoms with Crippen LogP contribution in [0.4, 0.5) is 11.4 Å². The highest BCUT2D eigenvalue weighted by Crippen LogP contribution is 2.19. The molecule has 1 amide bonds. The zero-order chi connectivity index (χ0) is 20.0. The second kappa shape index (κ2) is 8.56. The first-order chi connectivity index (χ1) is 12.8. The van der Waals surface area contributed by atoms with E-state index < -0.39 is 35.1 Å². The second-order valence-corrected chi connectivity index (χ2v) is 5.56. The lowest BCUT2D eigenvalue weighted by molar-refractivity contribution is -0.384. The monoisotopic (exact) mass is 371 g/mol. The third-order valence-corrected chi connectivity index (χ3v) is 3.46. The maximum absolute atomic E-state index is 12.1. The Balaban J connectivity index is 2.01. The Kier molecular flexibility index (Phi) is 6.21. The number of non-ortho nitro benzene ring substituents is 1. The molecule has 0 aliphatic carbocycles. The van der Waals surface area contributed by atoms with Crippen LogP contribution in [0.1, 0.15) is 23.7 Å². The van der Waals surface area contributed by atoms with E-state index in [-0.39, 0.29) is 17.0 Å². The Morgan fingerprint density at radius 3 is 2.52 bits per heavy atom. The van der Waals surface area contributed by atoms with Gasteiger partial charge in [-0.3, -0.25) is 19.7 Å². The number of hydrogen-bond donors (Lipinski definition) is 1. The Labute approximate surface area is 153 Å². The molecule has 0 saturated carbocycles. The molecule has 9 heteroatoms. The third kappa shape index (κ3) is 5.63. The summed E-state index contributed by atoms with van der Waals surface area (Å²) in [6.45, 7) is 1.30. The normalized spacial score (nSPS) is 11.3. The lowest BCUT2D eigenvalue weighted by atomic mass is 10.1. The highest BCUT2D eigenvalue weighted by atomic mass is 16.6. The first kappa shape index (κ1) is 19.6. The van der Waals surface area contributed by atoms with Gasteiger partial charge in [0.05, 0.1) is 17.3 Å². The van der Waals surface area contributed by atoms with Crippen LogP contribution in [0.25, 0.3) is 0 Å². The van der Waals surface area contributed by atoms with Crippen molar-refractivity contribution in [2.75, 3.05) is 5.32 Å². The summed E-state index contributed by atoms with van der Waals surface area (Å²) in [6, 6.07) is 11.1. The molecule has 1 unspecified atom stereocenters. The average Bonchev–Trinajstić information content (AvgIpc) is 2.61. The second-order valence-electron chi connectivity index (χ2n) is 5.56. The van der Waals surface area contributed by atoms with Gasteiger partial charge in [0.25, 0.3) is 5.69 Å². The molecule has 27 heavy (non-hydrogen) atoms. The van der Waals surface area contributed by atoms with Crippen molar-refractivity contribution in [3.63, 3.8) is 0 Å². The number of carbonyl (C=O) groups is 3. The summed E-state index contributed by atoms with van der Waals surface area (Å²) in [5.41, 5.74) is 0.113. The fraction of sp³-hybridized carbons (Fsp3) is 0.167. The number of anilines is 1. The number of hydrogen-bond acceptors (Lipinski definition) is 7. The van der Waals surface area contributed by atoms with Crippen LogP contribution in [0.3, 0.4) is 0 Å². The molecule has 0 aliphatic rings. The van der Waals surface area contributed by atoms with Gasteiger partial charge >= 0.3 is 0 Å². The molecular formula is C18H15N2O7-. The number of ether oxygens (including phenoxy) is 1. The number of nitrogens with zero attached hydrogens (tertiary/aromatic N) is 1. The fourth-order valence-electron chi connectivity index (χ4n) is 2.15. The topological polar surface area (TPSA) is 139 Å². The Morgan fingerprint density at radius 2 is 1.85 bits per heavy atom. The molecule has 140 valence electrons. The number of rotatable bonds is 8. The van der Waals surface area contributed by atoms with Gasteiger partial charge in [-0.1, -0.05) is 18.2 Å². The number of aliphatic carboxylic acids is 1. The van der Waals surface area contributed by atoms with Crippen LogP contribution in [0.15, 0.2) is 48.5 Å². The largest absolute Gasteiger partial charge is 0.546 e. The fourth-order valence-corrected chi connectivity index (χ4v) is 2.15. The van der Waals surface area contributed by atoms with Crippen LogP contribution in [-0.4, -0.2) is 28.7 Å². The summed E-state index contributed by atoms with van der Waals surface area (Å²) < 4.78 is 5.14. The summed E-state index contributed by atoms with van der Waals surface area (Å²) >= 11 is 0. The number of nitro benzene ring substituents is 1. The highest BCUT2D eigenvalue weighted by molar-refractivity contribution is 6.11. The number of Topliss-reactive ketones (excluding diaryl/α,β-unsaturated/α-hetero) is 1. The molecule has 0 radical (unpaired) electrons. The van der Waals surface area contributed by atoms with Crippen molar-refractivity contribution in [2.45, 2.75) is 19.4 Å². The van der Waals surface area contributed by atoms with Gasteiger partial charge in [0, 0.05) is 29.4 Å². The molecule has 1 N–H and O–H groups in total. The molecule has 0 fully saturated rings. The summed E-state index contributed by atoms with van der Waals surface area (Å²) in [5.74, 6) is -2.38. The number of nitro groups is 1. The van der Waals surface area contributed by atoms with E-state index in [2.05, 4.69) is 5.32 Å². The maximum atomic E-state index is 12.1. The lowest BCUT2D eigenvalue weighted by Crippen LogP contribution is -2.37. The SMILES string of the molecule is CC(Oc1cccc(NC(=O)CC(=O)c2cccc([N+](=O)[O-])c2)c1)C(=O)[O-]. The molecule has 0 heterocycles. The number of benzene rings is 2. The minimum absolute atomic E-state index is 0.0548. The quantitative estimate of drug-likeness (QED) is 0.319. The van der Waals surface area contributed by atoms with Gasteiger partial charge in [0.1, 0.15) is 11.9 Å². The van der Waals surface area contributed by atoms with E-state index in [4.69, 9.17) is 4.74 Å². The van der Waals surface area contributed by atoms with Gasteiger partial charge < -0.3 is 20.0 Å². The Bertz CT molecular complexity index is 895. The summed E-state index contributed by atoms with van der Waals surface area (Å²) in [4.78, 5) is 45.0. The van der Waals surface area contributed by atoms with Crippen molar-refractivity contribution in [1.82, 2.24) is 0 Å². The first-order valence-electron chi connectivity index (χ1n) is 7.81. The van der Waals surface area contributed by atoms with Crippen molar-refractivity contribution in [3.05, 3.63) is 64.2 Å². The third-order valence-electron chi connectivity index (χ3n) is 3.46. The number of carboxylic acid groups (broad SMARTS) is 1. The van der Waals surface area contributed by atoms with E-state index in [0.717, 1.165) is 6.07 Å². The smallest absolute Gasteiger partial charge is 0.270 e. The molecule has 9 nitrogen and oxygen atoms in total. The first-order valence-corrected chi connectivity index (χ1v) is 7.81. The zero-order valence-corrected chi connectivity index (χ0v) is 14.2. The molecule has 0 aromatic heterocycles.